The Kier molecular flexibility index (Phi) is 6.04. The first-order valence-electron chi connectivity index (χ1n) is 6.51. The molecule has 3 N–H and O–H groups in total. The zero-order valence-electron chi connectivity index (χ0n) is 11.5. The van der Waals surface area contributed by atoms with Gasteiger partial charge < -0.3 is 25.3 Å². The fourth-order valence-electron chi connectivity index (χ4n) is 2.19. The first-order valence-corrected chi connectivity index (χ1v) is 6.51. The molecule has 1 saturated heterocycles. The van der Waals surface area contributed by atoms with E-state index in [0.29, 0.717) is 0 Å². The van der Waals surface area contributed by atoms with Gasteiger partial charge in [0, 0.05) is 26.1 Å². The summed E-state index contributed by atoms with van der Waals surface area (Å²) < 4.78 is 0. The molecule has 1 aliphatic rings. The highest BCUT2D eigenvalue weighted by Crippen LogP contribution is 2.14. The van der Waals surface area contributed by atoms with Crippen molar-refractivity contribution in [2.75, 3.05) is 33.8 Å². The molecule has 19 heavy (non-hydrogen) atoms. The third kappa shape index (κ3) is 4.68. The predicted octanol–water partition coefficient (Wildman–Crippen LogP) is -0.442. The maximum atomic E-state index is 12.0. The minimum absolute atomic E-state index is 0.0162. The Morgan fingerprint density at radius 2 is 2.00 bits per heavy atom. The van der Waals surface area contributed by atoms with Crippen LogP contribution in [0, 0.1) is 0 Å². The number of hydrogen-bond donors (Lipinski definition) is 3. The maximum absolute atomic E-state index is 12.0. The predicted molar refractivity (Wildman–Crippen MR) is 69.9 cm³/mol. The quantitative estimate of drug-likeness (QED) is 0.631. The van der Waals surface area contributed by atoms with Gasteiger partial charge in [-0.3, -0.25) is 0 Å². The maximum Gasteiger partial charge on any atom is 0.326 e. The Hall–Kier alpha value is -1.34. The van der Waals surface area contributed by atoms with Crippen LogP contribution in [0.2, 0.25) is 0 Å². The number of aliphatic hydroxyl groups is 1. The minimum Gasteiger partial charge on any atom is -0.480 e. The molecule has 1 atom stereocenters. The van der Waals surface area contributed by atoms with Gasteiger partial charge in [0.1, 0.15) is 6.04 Å². The van der Waals surface area contributed by atoms with Gasteiger partial charge in [-0.1, -0.05) is 0 Å². The number of amides is 2. The van der Waals surface area contributed by atoms with Crippen molar-refractivity contribution >= 4 is 12.0 Å². The van der Waals surface area contributed by atoms with Crippen LogP contribution in [0.3, 0.4) is 0 Å². The molecule has 110 valence electrons. The molecule has 7 nitrogen and oxygen atoms in total. The van der Waals surface area contributed by atoms with E-state index in [0.717, 1.165) is 25.9 Å². The van der Waals surface area contributed by atoms with E-state index in [1.807, 2.05) is 7.05 Å². The number of nitrogens with one attached hydrogen (secondary N) is 1. The van der Waals surface area contributed by atoms with E-state index in [9.17, 15) is 9.59 Å². The van der Waals surface area contributed by atoms with Gasteiger partial charge in [-0.05, 0) is 33.0 Å². The number of hydrogen-bond acceptors (Lipinski definition) is 4. The van der Waals surface area contributed by atoms with Crippen molar-refractivity contribution in [2.24, 2.45) is 0 Å². The van der Waals surface area contributed by atoms with Crippen molar-refractivity contribution in [1.29, 1.82) is 0 Å². The molecule has 0 bridgehead atoms. The number of piperidine rings is 1. The second-order valence-electron chi connectivity index (χ2n) is 5.00. The molecule has 0 radical (unpaired) electrons. The molecule has 0 aromatic carbocycles. The molecule has 0 aromatic heterocycles. The Morgan fingerprint density at radius 3 is 2.47 bits per heavy atom. The monoisotopic (exact) mass is 273 g/mol. The van der Waals surface area contributed by atoms with Crippen LogP contribution < -0.4 is 5.32 Å². The van der Waals surface area contributed by atoms with Crippen molar-refractivity contribution in [3.63, 3.8) is 0 Å². The van der Waals surface area contributed by atoms with Gasteiger partial charge in [0.05, 0.1) is 0 Å². The molecule has 0 saturated carbocycles. The molecule has 1 fully saturated rings. The van der Waals surface area contributed by atoms with E-state index in [1.54, 1.807) is 11.9 Å². The molecular weight excluding hydrogens is 250 g/mol. The number of carbonyl (C=O) groups excluding carboxylic acids is 1. The van der Waals surface area contributed by atoms with Crippen molar-refractivity contribution in [3.8, 4) is 0 Å². The van der Waals surface area contributed by atoms with Crippen LogP contribution in [0.15, 0.2) is 0 Å². The van der Waals surface area contributed by atoms with Crippen LogP contribution in [0.4, 0.5) is 4.79 Å². The summed E-state index contributed by atoms with van der Waals surface area (Å²) in [7, 11) is 3.72. The highest BCUT2D eigenvalue weighted by molar-refractivity contribution is 5.82. The zero-order valence-corrected chi connectivity index (χ0v) is 11.5. The number of nitrogens with zero attached hydrogens (tertiary/aromatic N) is 2. The summed E-state index contributed by atoms with van der Waals surface area (Å²) in [5.74, 6) is -1.13. The second-order valence-corrected chi connectivity index (χ2v) is 5.00. The molecule has 0 aliphatic carbocycles. The lowest BCUT2D eigenvalue weighted by molar-refractivity contribution is -0.139. The summed E-state index contributed by atoms with van der Waals surface area (Å²) in [6, 6.07) is -1.29. The number of aliphatic carboxylic acids is 1. The third-order valence-corrected chi connectivity index (χ3v) is 3.57. The molecule has 1 heterocycles. The minimum atomic E-state index is -1.13. The molecule has 1 aliphatic heterocycles. The summed E-state index contributed by atoms with van der Waals surface area (Å²) in [5.41, 5.74) is 0. The Morgan fingerprint density at radius 1 is 1.42 bits per heavy atom. The summed E-state index contributed by atoms with van der Waals surface area (Å²) in [4.78, 5) is 26.7. The molecule has 0 aromatic rings. The van der Waals surface area contributed by atoms with Crippen LogP contribution in [0.5, 0.6) is 0 Å². The van der Waals surface area contributed by atoms with Crippen molar-refractivity contribution < 1.29 is 19.8 Å². The van der Waals surface area contributed by atoms with Crippen LogP contribution in [0.1, 0.15) is 19.3 Å². The van der Waals surface area contributed by atoms with Gasteiger partial charge in [-0.25, -0.2) is 9.59 Å². The standard InChI is InChI=1S/C12H23N3O4/c1-14-6-3-9(4-7-14)15(2)12(19)13-10(5-8-16)11(17)18/h9-10,16H,3-8H2,1-2H3,(H,13,19)(H,17,18)/t10-/m0/s1. The number of carboxylic acids is 1. The molecule has 7 heteroatoms. The number of rotatable bonds is 5. The SMILES string of the molecule is CN1CCC(N(C)C(=O)N[C@@H](CCO)C(=O)O)CC1. The van der Waals surface area contributed by atoms with Crippen LogP contribution in [-0.4, -0.2) is 77.9 Å². The third-order valence-electron chi connectivity index (χ3n) is 3.57. The van der Waals surface area contributed by atoms with Gasteiger partial charge in [0.2, 0.25) is 0 Å². The largest absolute Gasteiger partial charge is 0.480 e. The van der Waals surface area contributed by atoms with Crippen LogP contribution >= 0.6 is 0 Å². The second kappa shape index (κ2) is 7.30. The molecule has 1 rings (SSSR count). The lowest BCUT2D eigenvalue weighted by Crippen LogP contribution is -2.52. The highest BCUT2D eigenvalue weighted by atomic mass is 16.4. The fraction of sp³-hybridized carbons (Fsp3) is 0.833. The number of aliphatic hydroxyl groups excluding tert-OH is 1. The first-order chi connectivity index (χ1) is 8.95. The lowest BCUT2D eigenvalue weighted by atomic mass is 10.0. The van der Waals surface area contributed by atoms with Crippen LogP contribution in [-0.2, 0) is 4.79 Å². The lowest BCUT2D eigenvalue weighted by Gasteiger charge is -2.35. The molecule has 0 spiro atoms. The summed E-state index contributed by atoms with van der Waals surface area (Å²) in [6.07, 6.45) is 1.79. The Bertz CT molecular complexity index is 316. The fourth-order valence-corrected chi connectivity index (χ4v) is 2.19. The van der Waals surface area contributed by atoms with Crippen molar-refractivity contribution in [3.05, 3.63) is 0 Å². The van der Waals surface area contributed by atoms with Gasteiger partial charge in [0.15, 0.2) is 0 Å². The molecule has 0 unspecified atom stereocenters. The van der Waals surface area contributed by atoms with E-state index in [2.05, 4.69) is 10.2 Å². The van der Waals surface area contributed by atoms with Gasteiger partial charge in [-0.15, -0.1) is 0 Å². The van der Waals surface area contributed by atoms with Crippen LogP contribution in [0.25, 0.3) is 0 Å². The smallest absolute Gasteiger partial charge is 0.326 e. The van der Waals surface area contributed by atoms with Gasteiger partial charge in [0.25, 0.3) is 0 Å². The topological polar surface area (TPSA) is 93.1 Å². The normalized spacial score (nSPS) is 18.9. The zero-order chi connectivity index (χ0) is 14.4. The Balaban J connectivity index is 2.49. The van der Waals surface area contributed by atoms with E-state index in [1.165, 1.54) is 0 Å². The van der Waals surface area contributed by atoms with E-state index >= 15 is 0 Å². The number of carbonyl (C=O) groups is 2. The average Bonchev–Trinajstić information content (AvgIpc) is 2.38. The number of likely N-dealkylation sites (tertiary alicyclic amines) is 1. The molecular formula is C12H23N3O4. The highest BCUT2D eigenvalue weighted by Gasteiger charge is 2.27. The van der Waals surface area contributed by atoms with E-state index < -0.39 is 18.0 Å². The summed E-state index contributed by atoms with van der Waals surface area (Å²) in [5, 5.41) is 20.1. The Labute approximate surface area is 113 Å². The van der Waals surface area contributed by atoms with Crippen molar-refractivity contribution in [2.45, 2.75) is 31.3 Å². The first kappa shape index (κ1) is 15.7. The van der Waals surface area contributed by atoms with E-state index in [4.69, 9.17) is 10.2 Å². The summed E-state index contributed by atoms with van der Waals surface area (Å²) in [6.45, 7) is 1.59. The van der Waals surface area contributed by atoms with E-state index in [-0.39, 0.29) is 19.1 Å². The summed E-state index contributed by atoms with van der Waals surface area (Å²) >= 11 is 0. The van der Waals surface area contributed by atoms with Gasteiger partial charge in [-0.2, -0.15) is 0 Å². The number of urea groups is 1. The average molecular weight is 273 g/mol. The number of carboxylic acid groups (broad SMARTS) is 1. The van der Waals surface area contributed by atoms with Gasteiger partial charge >= 0.3 is 12.0 Å². The van der Waals surface area contributed by atoms with Crippen molar-refractivity contribution in [1.82, 2.24) is 15.1 Å². The molecule has 2 amide bonds.